The molecule has 180 valence electrons. The van der Waals surface area contributed by atoms with Crippen molar-refractivity contribution in [2.75, 3.05) is 13.3 Å². The van der Waals surface area contributed by atoms with Gasteiger partial charge in [0.15, 0.2) is 0 Å². The van der Waals surface area contributed by atoms with Gasteiger partial charge >= 0.3 is 0 Å². The summed E-state index contributed by atoms with van der Waals surface area (Å²) in [4.78, 5) is 24.3. The van der Waals surface area contributed by atoms with Crippen LogP contribution >= 0.6 is 0 Å². The fourth-order valence-corrected chi connectivity index (χ4v) is 3.54. The van der Waals surface area contributed by atoms with Crippen LogP contribution in [0.15, 0.2) is 89.3 Å². The van der Waals surface area contributed by atoms with Crippen LogP contribution in [0, 0.1) is 0 Å². The second-order valence-corrected chi connectivity index (χ2v) is 7.92. The van der Waals surface area contributed by atoms with Gasteiger partial charge in [-0.1, -0.05) is 60.7 Å². The summed E-state index contributed by atoms with van der Waals surface area (Å²) in [7, 11) is 0. The number of benzene rings is 3. The molecule has 0 spiro atoms. The van der Waals surface area contributed by atoms with Gasteiger partial charge in [-0.25, -0.2) is 5.48 Å². The summed E-state index contributed by atoms with van der Waals surface area (Å²) >= 11 is 0. The van der Waals surface area contributed by atoms with Crippen molar-refractivity contribution in [1.82, 2.24) is 10.8 Å². The molecule has 3 N–H and O–H groups in total. The van der Waals surface area contributed by atoms with E-state index in [4.69, 9.17) is 19.1 Å². The summed E-state index contributed by atoms with van der Waals surface area (Å²) in [5.41, 5.74) is 4.68. The minimum atomic E-state index is -0.684. The highest BCUT2D eigenvalue weighted by atomic mass is 16.7. The molecular weight excluding hydrogens is 448 g/mol. The quantitative estimate of drug-likeness (QED) is 0.130. The van der Waals surface area contributed by atoms with Crippen LogP contribution in [0.4, 0.5) is 0 Å². The maximum atomic E-state index is 12.6. The van der Waals surface area contributed by atoms with E-state index in [1.807, 2.05) is 72.8 Å². The largest absolute Gasteiger partial charge is 0.456 e. The highest BCUT2D eigenvalue weighted by Gasteiger charge is 2.17. The average Bonchev–Trinajstić information content (AvgIpc) is 3.34. The van der Waals surface area contributed by atoms with E-state index in [0.717, 1.165) is 27.9 Å². The second-order valence-electron chi connectivity index (χ2n) is 7.92. The molecule has 0 aliphatic rings. The van der Waals surface area contributed by atoms with Crippen LogP contribution < -0.4 is 10.8 Å². The topological polar surface area (TPSA) is 110 Å². The number of para-hydroxylation sites is 1. The number of nitrogens with one attached hydrogen (secondary N) is 2. The molecule has 0 fully saturated rings. The Morgan fingerprint density at radius 1 is 0.943 bits per heavy atom. The summed E-state index contributed by atoms with van der Waals surface area (Å²) < 4.78 is 17.0. The van der Waals surface area contributed by atoms with E-state index in [2.05, 4.69) is 5.32 Å². The second kappa shape index (κ2) is 11.9. The Hall–Kier alpha value is -3.98. The Balaban J connectivity index is 1.30. The molecule has 2 amide bonds. The minimum Gasteiger partial charge on any atom is -0.456 e. The lowest BCUT2D eigenvalue weighted by Gasteiger charge is -2.18. The van der Waals surface area contributed by atoms with Crippen LogP contribution in [-0.4, -0.2) is 36.5 Å². The zero-order chi connectivity index (χ0) is 24.5. The third-order valence-corrected chi connectivity index (χ3v) is 5.38. The van der Waals surface area contributed by atoms with Crippen molar-refractivity contribution < 1.29 is 28.7 Å². The Bertz CT molecular complexity index is 1220. The number of rotatable bonds is 11. The molecule has 3 aromatic carbocycles. The highest BCUT2D eigenvalue weighted by Crippen LogP contribution is 2.27. The van der Waals surface area contributed by atoms with Gasteiger partial charge in [-0.05, 0) is 29.8 Å². The van der Waals surface area contributed by atoms with Gasteiger partial charge in [0.1, 0.15) is 18.1 Å². The van der Waals surface area contributed by atoms with Gasteiger partial charge in [0.2, 0.25) is 5.91 Å². The standard InChI is InChI=1S/C27H26N2O6/c30-26(29-32)15-23(34-18-33-17-19-6-2-1-3-7-19)16-28-27(31)21-12-10-20(11-13-21)25-14-22-8-4-5-9-24(22)35-25/h1-14,23,32H,15-18H2,(H,28,31)(H,29,30)/t23-/m0/s1. The lowest BCUT2D eigenvalue weighted by atomic mass is 10.1. The maximum absolute atomic E-state index is 12.6. The minimum absolute atomic E-state index is 0.0618. The van der Waals surface area contributed by atoms with Crippen LogP contribution in [0.1, 0.15) is 22.3 Å². The smallest absolute Gasteiger partial charge is 0.251 e. The monoisotopic (exact) mass is 474 g/mol. The van der Waals surface area contributed by atoms with Crippen molar-refractivity contribution in [3.05, 3.63) is 96.1 Å². The van der Waals surface area contributed by atoms with Gasteiger partial charge in [-0.15, -0.1) is 0 Å². The van der Waals surface area contributed by atoms with Crippen molar-refractivity contribution in [3.63, 3.8) is 0 Å². The fraction of sp³-hybridized carbons (Fsp3) is 0.185. The Kier molecular flexibility index (Phi) is 8.24. The summed E-state index contributed by atoms with van der Waals surface area (Å²) in [6.45, 7) is 0.344. The molecule has 8 nitrogen and oxygen atoms in total. The van der Waals surface area contributed by atoms with Gasteiger partial charge in [0.25, 0.3) is 5.91 Å². The molecule has 4 rings (SSSR count). The lowest BCUT2D eigenvalue weighted by Crippen LogP contribution is -2.37. The van der Waals surface area contributed by atoms with Crippen molar-refractivity contribution in [3.8, 4) is 11.3 Å². The summed E-state index contributed by atoms with van der Waals surface area (Å²) in [6, 6.07) is 26.3. The number of hydroxylamine groups is 1. The summed E-state index contributed by atoms with van der Waals surface area (Å²) in [5.74, 6) is -0.219. The number of hydrogen-bond acceptors (Lipinski definition) is 6. The zero-order valence-corrected chi connectivity index (χ0v) is 19.0. The molecule has 0 aliphatic carbocycles. The highest BCUT2D eigenvalue weighted by molar-refractivity contribution is 5.94. The van der Waals surface area contributed by atoms with Crippen LogP contribution in [0.3, 0.4) is 0 Å². The number of carbonyl (C=O) groups excluding carboxylic acids is 2. The molecule has 0 saturated carbocycles. The number of amides is 2. The normalized spacial score (nSPS) is 11.8. The first kappa shape index (κ1) is 24.2. The zero-order valence-electron chi connectivity index (χ0n) is 19.0. The number of furan rings is 1. The molecule has 1 atom stereocenters. The molecule has 0 aliphatic heterocycles. The van der Waals surface area contributed by atoms with Gasteiger partial charge in [0.05, 0.1) is 19.1 Å². The van der Waals surface area contributed by atoms with E-state index in [1.165, 1.54) is 0 Å². The van der Waals surface area contributed by atoms with Gasteiger partial charge in [-0.2, -0.15) is 0 Å². The molecular formula is C27H26N2O6. The molecule has 1 aromatic heterocycles. The predicted octanol–water partition coefficient (Wildman–Crippen LogP) is 4.28. The van der Waals surface area contributed by atoms with Crippen LogP contribution in [0.5, 0.6) is 0 Å². The molecule has 4 aromatic rings. The maximum Gasteiger partial charge on any atom is 0.251 e. The van der Waals surface area contributed by atoms with Crippen molar-refractivity contribution in [2.24, 2.45) is 0 Å². The Morgan fingerprint density at radius 2 is 1.69 bits per heavy atom. The Morgan fingerprint density at radius 3 is 2.43 bits per heavy atom. The summed E-state index contributed by atoms with van der Waals surface area (Å²) in [5, 5.41) is 12.6. The van der Waals surface area contributed by atoms with E-state index in [9.17, 15) is 9.59 Å². The van der Waals surface area contributed by atoms with Crippen molar-refractivity contribution in [1.29, 1.82) is 0 Å². The molecule has 0 bridgehead atoms. The molecule has 8 heteroatoms. The van der Waals surface area contributed by atoms with Gasteiger partial charge in [-0.3, -0.25) is 14.8 Å². The number of fused-ring (bicyclic) bond motifs is 1. The average molecular weight is 475 g/mol. The third-order valence-electron chi connectivity index (χ3n) is 5.38. The van der Waals surface area contributed by atoms with Crippen LogP contribution in [0.2, 0.25) is 0 Å². The molecule has 0 radical (unpaired) electrons. The molecule has 0 saturated heterocycles. The number of carbonyl (C=O) groups is 2. The first-order valence-electron chi connectivity index (χ1n) is 11.2. The first-order valence-corrected chi connectivity index (χ1v) is 11.2. The van der Waals surface area contributed by atoms with Gasteiger partial charge < -0.3 is 19.2 Å². The van der Waals surface area contributed by atoms with E-state index in [1.54, 1.807) is 17.6 Å². The van der Waals surface area contributed by atoms with E-state index in [-0.39, 0.29) is 25.7 Å². The predicted molar refractivity (Wildman–Crippen MR) is 130 cm³/mol. The van der Waals surface area contributed by atoms with E-state index < -0.39 is 12.0 Å². The SMILES string of the molecule is O=C(C[C@@H](CNC(=O)c1ccc(-c2cc3ccccc3o2)cc1)OCOCc1ccccc1)NO. The molecule has 1 heterocycles. The number of hydrogen-bond donors (Lipinski definition) is 3. The van der Waals surface area contributed by atoms with Crippen molar-refractivity contribution >= 4 is 22.8 Å². The molecule has 0 unspecified atom stereocenters. The van der Waals surface area contributed by atoms with Crippen molar-refractivity contribution in [2.45, 2.75) is 19.1 Å². The molecule has 35 heavy (non-hydrogen) atoms. The van der Waals surface area contributed by atoms with E-state index in [0.29, 0.717) is 12.2 Å². The first-order chi connectivity index (χ1) is 17.1. The number of ether oxygens (including phenoxy) is 2. The lowest BCUT2D eigenvalue weighted by molar-refractivity contribution is -0.137. The van der Waals surface area contributed by atoms with Crippen LogP contribution in [0.25, 0.3) is 22.3 Å². The van der Waals surface area contributed by atoms with Gasteiger partial charge in [0, 0.05) is 23.1 Å². The Labute approximate surface area is 202 Å². The van der Waals surface area contributed by atoms with E-state index >= 15 is 0 Å². The van der Waals surface area contributed by atoms with Crippen LogP contribution in [-0.2, 0) is 20.9 Å². The third kappa shape index (κ3) is 6.77. The summed E-state index contributed by atoms with van der Waals surface area (Å²) in [6.07, 6.45) is -0.826. The fourth-order valence-electron chi connectivity index (χ4n) is 3.54.